The van der Waals surface area contributed by atoms with Gasteiger partial charge in [0.25, 0.3) is 0 Å². The third-order valence-electron chi connectivity index (χ3n) is 1.46. The van der Waals surface area contributed by atoms with Crippen molar-refractivity contribution in [3.63, 3.8) is 0 Å². The molecular formula is C7H18N2O2. The number of ether oxygens (including phenoxy) is 1. The number of nitrogens with two attached hydrogens (primary N) is 1. The Hall–Kier alpha value is -0.160. The van der Waals surface area contributed by atoms with Crippen LogP contribution in [0.15, 0.2) is 0 Å². The van der Waals surface area contributed by atoms with Crippen LogP contribution in [-0.2, 0) is 4.74 Å². The molecular weight excluding hydrogens is 144 g/mol. The highest BCUT2D eigenvalue weighted by atomic mass is 16.5. The van der Waals surface area contributed by atoms with Crippen LogP contribution in [0.2, 0.25) is 0 Å². The van der Waals surface area contributed by atoms with Crippen molar-refractivity contribution in [2.75, 3.05) is 26.9 Å². The number of rotatable bonds is 6. The molecule has 0 radical (unpaired) electrons. The number of nitrogens with one attached hydrogen (secondary N) is 1. The fraction of sp³-hybridized carbons (Fsp3) is 1.00. The van der Waals surface area contributed by atoms with Crippen LogP contribution in [-0.4, -0.2) is 44.1 Å². The molecule has 0 fully saturated rings. The quantitative estimate of drug-likeness (QED) is 0.465. The molecule has 2 unspecified atom stereocenters. The summed E-state index contributed by atoms with van der Waals surface area (Å²) in [4.78, 5) is 0. The molecule has 2 atom stereocenters. The van der Waals surface area contributed by atoms with E-state index in [1.165, 1.54) is 0 Å². The smallest absolute Gasteiger partial charge is 0.0638 e. The molecule has 0 aliphatic heterocycles. The van der Waals surface area contributed by atoms with E-state index in [1.807, 2.05) is 6.92 Å². The van der Waals surface area contributed by atoms with Crippen molar-refractivity contribution in [1.29, 1.82) is 0 Å². The van der Waals surface area contributed by atoms with Crippen molar-refractivity contribution in [2.45, 2.75) is 19.0 Å². The lowest BCUT2D eigenvalue weighted by Gasteiger charge is -2.19. The molecule has 0 saturated heterocycles. The molecule has 0 aromatic heterocycles. The normalized spacial score (nSPS) is 16.4. The van der Waals surface area contributed by atoms with Crippen LogP contribution >= 0.6 is 0 Å². The molecule has 0 aliphatic carbocycles. The molecule has 11 heavy (non-hydrogen) atoms. The number of aliphatic hydroxyl groups excluding tert-OH is 1. The molecule has 0 aliphatic rings. The second-order valence-corrected chi connectivity index (χ2v) is 2.64. The summed E-state index contributed by atoms with van der Waals surface area (Å²) in [5.74, 6) is 0. The van der Waals surface area contributed by atoms with E-state index in [1.54, 1.807) is 7.11 Å². The van der Waals surface area contributed by atoms with Crippen LogP contribution in [0.4, 0.5) is 0 Å². The summed E-state index contributed by atoms with van der Waals surface area (Å²) < 4.78 is 4.88. The highest BCUT2D eigenvalue weighted by Crippen LogP contribution is 1.86. The molecule has 0 saturated carbocycles. The van der Waals surface area contributed by atoms with Crippen LogP contribution in [0.3, 0.4) is 0 Å². The van der Waals surface area contributed by atoms with E-state index in [9.17, 15) is 0 Å². The Kier molecular flexibility index (Phi) is 6.45. The first-order valence-corrected chi connectivity index (χ1v) is 3.80. The van der Waals surface area contributed by atoms with Gasteiger partial charge in [-0.05, 0) is 6.92 Å². The van der Waals surface area contributed by atoms with E-state index < -0.39 is 0 Å². The Morgan fingerprint density at radius 2 is 2.27 bits per heavy atom. The van der Waals surface area contributed by atoms with Gasteiger partial charge in [-0.15, -0.1) is 0 Å². The number of methoxy groups -OCH3 is 1. The predicted octanol–water partition coefficient (Wildman–Crippen LogP) is -1.07. The van der Waals surface area contributed by atoms with E-state index in [0.717, 1.165) is 0 Å². The molecule has 0 rings (SSSR count). The summed E-state index contributed by atoms with van der Waals surface area (Å²) in [6.45, 7) is 3.14. The topological polar surface area (TPSA) is 67.5 Å². The zero-order valence-electron chi connectivity index (χ0n) is 7.21. The standard InChI is InChI=1S/C7H18N2O2/c1-6(3-8)9-7(4-10)5-11-2/h6-7,9-10H,3-5,8H2,1-2H3. The van der Waals surface area contributed by atoms with Gasteiger partial charge < -0.3 is 20.9 Å². The first-order valence-electron chi connectivity index (χ1n) is 3.80. The molecule has 4 heteroatoms. The Balaban J connectivity index is 3.49. The lowest BCUT2D eigenvalue weighted by molar-refractivity contribution is 0.124. The molecule has 0 aromatic rings. The van der Waals surface area contributed by atoms with Gasteiger partial charge in [0.2, 0.25) is 0 Å². The summed E-state index contributed by atoms with van der Waals surface area (Å²) in [7, 11) is 1.61. The zero-order valence-corrected chi connectivity index (χ0v) is 7.21. The van der Waals surface area contributed by atoms with Crippen molar-refractivity contribution in [1.82, 2.24) is 5.32 Å². The molecule has 0 amide bonds. The summed E-state index contributed by atoms with van der Waals surface area (Å²) in [6, 6.07) is 0.223. The lowest BCUT2D eigenvalue weighted by Crippen LogP contribution is -2.45. The largest absolute Gasteiger partial charge is 0.395 e. The first-order chi connectivity index (χ1) is 5.24. The van der Waals surface area contributed by atoms with Crippen molar-refractivity contribution in [3.8, 4) is 0 Å². The van der Waals surface area contributed by atoms with E-state index in [4.69, 9.17) is 15.6 Å². The van der Waals surface area contributed by atoms with Crippen molar-refractivity contribution in [3.05, 3.63) is 0 Å². The van der Waals surface area contributed by atoms with Gasteiger partial charge in [-0.1, -0.05) is 0 Å². The monoisotopic (exact) mass is 162 g/mol. The zero-order chi connectivity index (χ0) is 8.69. The molecule has 0 aromatic carbocycles. The summed E-state index contributed by atoms with van der Waals surface area (Å²) in [5, 5.41) is 11.9. The molecule has 4 nitrogen and oxygen atoms in total. The van der Waals surface area contributed by atoms with Crippen LogP contribution < -0.4 is 11.1 Å². The van der Waals surface area contributed by atoms with Crippen LogP contribution in [0.5, 0.6) is 0 Å². The van der Waals surface area contributed by atoms with Gasteiger partial charge >= 0.3 is 0 Å². The van der Waals surface area contributed by atoms with Crippen LogP contribution in [0.1, 0.15) is 6.92 Å². The van der Waals surface area contributed by atoms with Gasteiger partial charge in [-0.2, -0.15) is 0 Å². The molecule has 68 valence electrons. The van der Waals surface area contributed by atoms with E-state index >= 15 is 0 Å². The second kappa shape index (κ2) is 6.54. The van der Waals surface area contributed by atoms with Crippen LogP contribution in [0.25, 0.3) is 0 Å². The minimum atomic E-state index is -0.00134. The van der Waals surface area contributed by atoms with Crippen molar-refractivity contribution in [2.24, 2.45) is 5.73 Å². The van der Waals surface area contributed by atoms with Gasteiger partial charge in [-0.3, -0.25) is 0 Å². The van der Waals surface area contributed by atoms with Crippen molar-refractivity contribution < 1.29 is 9.84 Å². The average molecular weight is 162 g/mol. The minimum Gasteiger partial charge on any atom is -0.395 e. The maximum Gasteiger partial charge on any atom is 0.0638 e. The van der Waals surface area contributed by atoms with E-state index in [-0.39, 0.29) is 18.7 Å². The highest BCUT2D eigenvalue weighted by molar-refractivity contribution is 4.70. The van der Waals surface area contributed by atoms with Gasteiger partial charge in [0.15, 0.2) is 0 Å². The lowest BCUT2D eigenvalue weighted by atomic mass is 10.2. The number of hydrogen-bond donors (Lipinski definition) is 3. The van der Waals surface area contributed by atoms with Gasteiger partial charge in [0.05, 0.1) is 19.3 Å². The first kappa shape index (κ1) is 10.8. The molecule has 0 bridgehead atoms. The van der Waals surface area contributed by atoms with E-state index in [0.29, 0.717) is 13.2 Å². The second-order valence-electron chi connectivity index (χ2n) is 2.64. The SMILES string of the molecule is COCC(CO)NC(C)CN. The third-order valence-corrected chi connectivity index (χ3v) is 1.46. The van der Waals surface area contributed by atoms with Gasteiger partial charge in [-0.25, -0.2) is 0 Å². The number of hydrogen-bond acceptors (Lipinski definition) is 4. The van der Waals surface area contributed by atoms with Gasteiger partial charge in [0.1, 0.15) is 0 Å². The Labute approximate surface area is 67.7 Å². The molecule has 0 spiro atoms. The van der Waals surface area contributed by atoms with Gasteiger partial charge in [0, 0.05) is 19.7 Å². The summed E-state index contributed by atoms with van der Waals surface area (Å²) >= 11 is 0. The molecule has 0 heterocycles. The fourth-order valence-electron chi connectivity index (χ4n) is 0.825. The Morgan fingerprint density at radius 3 is 2.64 bits per heavy atom. The van der Waals surface area contributed by atoms with Crippen molar-refractivity contribution >= 4 is 0 Å². The summed E-state index contributed by atoms with van der Waals surface area (Å²) in [6.07, 6.45) is 0. The maximum atomic E-state index is 8.82. The number of aliphatic hydroxyl groups is 1. The Bertz CT molecular complexity index is 90.5. The minimum absolute atomic E-state index is 0.00134. The highest BCUT2D eigenvalue weighted by Gasteiger charge is 2.08. The third kappa shape index (κ3) is 5.15. The molecule has 4 N–H and O–H groups in total. The maximum absolute atomic E-state index is 8.82. The average Bonchev–Trinajstić information content (AvgIpc) is 2.03. The predicted molar refractivity (Wildman–Crippen MR) is 44.4 cm³/mol. The summed E-state index contributed by atoms with van der Waals surface area (Å²) in [5.41, 5.74) is 5.39. The fourth-order valence-corrected chi connectivity index (χ4v) is 0.825. The van der Waals surface area contributed by atoms with Crippen LogP contribution in [0, 0.1) is 0 Å². The van der Waals surface area contributed by atoms with E-state index in [2.05, 4.69) is 5.32 Å². The Morgan fingerprint density at radius 1 is 1.64 bits per heavy atom.